The lowest BCUT2D eigenvalue weighted by molar-refractivity contribution is -0.0106. The fourth-order valence-electron chi connectivity index (χ4n) is 2.83. The number of fused-ring (bicyclic) bond motifs is 1. The highest BCUT2D eigenvalue weighted by molar-refractivity contribution is 5.31. The van der Waals surface area contributed by atoms with Crippen molar-refractivity contribution in [2.24, 2.45) is 0 Å². The number of nitrogens with zero attached hydrogens (tertiary/aromatic N) is 2. The minimum absolute atomic E-state index is 0.0675. The SMILES string of the molecule is OCc1coc(N2CCOC3CCCCC32)n1. The Morgan fingerprint density at radius 2 is 2.29 bits per heavy atom. The van der Waals surface area contributed by atoms with E-state index in [0.717, 1.165) is 26.0 Å². The molecule has 1 aliphatic carbocycles. The van der Waals surface area contributed by atoms with E-state index in [0.29, 0.717) is 23.9 Å². The van der Waals surface area contributed by atoms with Crippen molar-refractivity contribution < 1.29 is 14.3 Å². The molecule has 2 heterocycles. The maximum atomic E-state index is 9.02. The molecule has 1 saturated heterocycles. The topological polar surface area (TPSA) is 58.7 Å². The number of aliphatic hydroxyl groups excluding tert-OH is 1. The lowest BCUT2D eigenvalue weighted by Gasteiger charge is -2.42. The van der Waals surface area contributed by atoms with Gasteiger partial charge in [-0.3, -0.25) is 0 Å². The fourth-order valence-corrected chi connectivity index (χ4v) is 2.83. The molecule has 5 heteroatoms. The molecule has 2 unspecified atom stereocenters. The van der Waals surface area contributed by atoms with Crippen LogP contribution in [0.25, 0.3) is 0 Å². The molecule has 1 aromatic rings. The molecular weight excluding hydrogens is 220 g/mol. The monoisotopic (exact) mass is 238 g/mol. The highest BCUT2D eigenvalue weighted by Gasteiger charge is 2.36. The molecule has 1 saturated carbocycles. The number of rotatable bonds is 2. The number of ether oxygens (including phenoxy) is 1. The fraction of sp³-hybridized carbons (Fsp3) is 0.750. The summed E-state index contributed by atoms with van der Waals surface area (Å²) in [6.45, 7) is 1.49. The molecule has 0 spiro atoms. The van der Waals surface area contributed by atoms with Gasteiger partial charge in [-0.2, -0.15) is 4.98 Å². The lowest BCUT2D eigenvalue weighted by Crippen LogP contribution is -2.53. The van der Waals surface area contributed by atoms with Crippen LogP contribution in [-0.2, 0) is 11.3 Å². The molecule has 2 atom stereocenters. The van der Waals surface area contributed by atoms with Gasteiger partial charge in [0.05, 0.1) is 25.4 Å². The van der Waals surface area contributed by atoms with Crippen LogP contribution < -0.4 is 4.90 Å². The van der Waals surface area contributed by atoms with E-state index in [4.69, 9.17) is 14.3 Å². The second-order valence-corrected chi connectivity index (χ2v) is 4.73. The van der Waals surface area contributed by atoms with Crippen LogP contribution >= 0.6 is 0 Å². The molecule has 3 rings (SSSR count). The van der Waals surface area contributed by atoms with Crippen LogP contribution in [0.2, 0.25) is 0 Å². The van der Waals surface area contributed by atoms with Gasteiger partial charge in [-0.15, -0.1) is 0 Å². The van der Waals surface area contributed by atoms with Crippen molar-refractivity contribution in [1.29, 1.82) is 0 Å². The quantitative estimate of drug-likeness (QED) is 0.842. The van der Waals surface area contributed by atoms with Crippen LogP contribution in [0.15, 0.2) is 10.7 Å². The van der Waals surface area contributed by atoms with Gasteiger partial charge in [-0.05, 0) is 12.8 Å². The second-order valence-electron chi connectivity index (χ2n) is 4.73. The van der Waals surface area contributed by atoms with Crippen LogP contribution in [0.1, 0.15) is 31.4 Å². The molecule has 17 heavy (non-hydrogen) atoms. The average molecular weight is 238 g/mol. The van der Waals surface area contributed by atoms with E-state index in [1.807, 2.05) is 0 Å². The summed E-state index contributed by atoms with van der Waals surface area (Å²) in [7, 11) is 0. The van der Waals surface area contributed by atoms with Gasteiger partial charge in [0, 0.05) is 6.54 Å². The Morgan fingerprint density at radius 3 is 3.12 bits per heavy atom. The third kappa shape index (κ3) is 2.05. The number of aromatic nitrogens is 1. The molecule has 1 aliphatic heterocycles. The zero-order chi connectivity index (χ0) is 11.7. The smallest absolute Gasteiger partial charge is 0.297 e. The van der Waals surface area contributed by atoms with Gasteiger partial charge in [-0.25, -0.2) is 0 Å². The molecule has 1 aromatic heterocycles. The number of aliphatic hydroxyl groups is 1. The Morgan fingerprint density at radius 1 is 1.41 bits per heavy atom. The molecule has 1 N–H and O–H groups in total. The predicted octanol–water partition coefficient (Wildman–Crippen LogP) is 1.31. The van der Waals surface area contributed by atoms with Crippen LogP contribution in [0.3, 0.4) is 0 Å². The maximum Gasteiger partial charge on any atom is 0.297 e. The first-order valence-corrected chi connectivity index (χ1v) is 6.32. The Bertz CT molecular complexity index is 378. The highest BCUT2D eigenvalue weighted by atomic mass is 16.5. The summed E-state index contributed by atoms with van der Waals surface area (Å²) in [6.07, 6.45) is 6.62. The third-order valence-corrected chi connectivity index (χ3v) is 3.68. The van der Waals surface area contributed by atoms with Crippen LogP contribution in [0.5, 0.6) is 0 Å². The molecular formula is C12H18N2O3. The van der Waals surface area contributed by atoms with Gasteiger partial charge in [0.15, 0.2) is 0 Å². The van der Waals surface area contributed by atoms with Crippen molar-refractivity contribution in [1.82, 2.24) is 4.98 Å². The molecule has 0 radical (unpaired) electrons. The summed E-state index contributed by atoms with van der Waals surface area (Å²) in [5.74, 6) is 0. The van der Waals surface area contributed by atoms with Crippen LogP contribution in [0.4, 0.5) is 6.01 Å². The zero-order valence-corrected chi connectivity index (χ0v) is 9.84. The summed E-state index contributed by atoms with van der Waals surface area (Å²) >= 11 is 0. The molecule has 0 amide bonds. The summed E-state index contributed by atoms with van der Waals surface area (Å²) in [5, 5.41) is 9.02. The molecule has 94 valence electrons. The minimum atomic E-state index is -0.0675. The van der Waals surface area contributed by atoms with Crippen molar-refractivity contribution in [2.75, 3.05) is 18.1 Å². The molecule has 2 fully saturated rings. The summed E-state index contributed by atoms with van der Waals surface area (Å²) in [6, 6.07) is 1.02. The second kappa shape index (κ2) is 4.66. The van der Waals surface area contributed by atoms with E-state index in [1.54, 1.807) is 0 Å². The summed E-state index contributed by atoms with van der Waals surface area (Å²) < 4.78 is 11.2. The molecule has 0 aromatic carbocycles. The van der Waals surface area contributed by atoms with Gasteiger partial charge < -0.3 is 19.2 Å². The maximum absolute atomic E-state index is 9.02. The zero-order valence-electron chi connectivity index (χ0n) is 9.84. The normalized spacial score (nSPS) is 29.1. The van der Waals surface area contributed by atoms with Gasteiger partial charge in [0.1, 0.15) is 12.0 Å². The van der Waals surface area contributed by atoms with Crippen molar-refractivity contribution in [3.63, 3.8) is 0 Å². The predicted molar refractivity (Wildman–Crippen MR) is 61.8 cm³/mol. The van der Waals surface area contributed by atoms with Crippen LogP contribution in [0, 0.1) is 0 Å². The number of morpholine rings is 1. The first-order valence-electron chi connectivity index (χ1n) is 6.32. The number of anilines is 1. The van der Waals surface area contributed by atoms with E-state index < -0.39 is 0 Å². The largest absolute Gasteiger partial charge is 0.432 e. The lowest BCUT2D eigenvalue weighted by atomic mass is 9.90. The Hall–Kier alpha value is -1.07. The summed E-state index contributed by atoms with van der Waals surface area (Å²) in [4.78, 5) is 6.50. The van der Waals surface area contributed by atoms with Gasteiger partial charge >= 0.3 is 0 Å². The average Bonchev–Trinajstić information content (AvgIpc) is 2.87. The van der Waals surface area contributed by atoms with Crippen molar-refractivity contribution in [3.8, 4) is 0 Å². The van der Waals surface area contributed by atoms with E-state index in [-0.39, 0.29) is 6.61 Å². The van der Waals surface area contributed by atoms with E-state index >= 15 is 0 Å². The molecule has 5 nitrogen and oxygen atoms in total. The van der Waals surface area contributed by atoms with Gasteiger partial charge in [-0.1, -0.05) is 12.8 Å². The first-order chi connectivity index (χ1) is 8.38. The summed E-state index contributed by atoms with van der Waals surface area (Å²) in [5.41, 5.74) is 0.596. The molecule has 2 aliphatic rings. The Labute approximate surface area is 100 Å². The van der Waals surface area contributed by atoms with E-state index in [9.17, 15) is 0 Å². The highest BCUT2D eigenvalue weighted by Crippen LogP contribution is 2.31. The molecule has 0 bridgehead atoms. The van der Waals surface area contributed by atoms with Crippen molar-refractivity contribution in [2.45, 2.75) is 44.4 Å². The van der Waals surface area contributed by atoms with E-state index in [1.165, 1.54) is 19.1 Å². The Balaban J connectivity index is 1.80. The minimum Gasteiger partial charge on any atom is -0.432 e. The Kier molecular flexibility index (Phi) is 3.03. The van der Waals surface area contributed by atoms with Crippen LogP contribution in [-0.4, -0.2) is 35.4 Å². The number of oxazole rings is 1. The van der Waals surface area contributed by atoms with Gasteiger partial charge in [0.2, 0.25) is 0 Å². The van der Waals surface area contributed by atoms with Crippen molar-refractivity contribution in [3.05, 3.63) is 12.0 Å². The third-order valence-electron chi connectivity index (χ3n) is 3.68. The number of hydrogen-bond acceptors (Lipinski definition) is 5. The standard InChI is InChI=1S/C12H18N2O3/c15-7-9-8-17-12(13-9)14-5-6-16-11-4-2-1-3-10(11)14/h8,10-11,15H,1-7H2. The number of hydrogen-bond donors (Lipinski definition) is 1. The van der Waals surface area contributed by atoms with E-state index in [2.05, 4.69) is 9.88 Å². The first kappa shape index (κ1) is 11.0. The van der Waals surface area contributed by atoms with Gasteiger partial charge in [0.25, 0.3) is 6.01 Å². The van der Waals surface area contributed by atoms with Crippen molar-refractivity contribution >= 4 is 6.01 Å².